The van der Waals surface area contributed by atoms with E-state index in [1.807, 2.05) is 26.1 Å². The van der Waals surface area contributed by atoms with Crippen LogP contribution in [0.4, 0.5) is 13.2 Å². The van der Waals surface area contributed by atoms with Crippen LogP contribution in [0.2, 0.25) is 0 Å². The Morgan fingerprint density at radius 1 is 1.05 bits per heavy atom. The lowest BCUT2D eigenvalue weighted by Gasteiger charge is -2.39. The van der Waals surface area contributed by atoms with Crippen molar-refractivity contribution in [3.63, 3.8) is 0 Å². The van der Waals surface area contributed by atoms with Crippen LogP contribution >= 0.6 is 0 Å². The van der Waals surface area contributed by atoms with Crippen molar-refractivity contribution < 1.29 is 17.9 Å². The highest BCUT2D eigenvalue weighted by molar-refractivity contribution is 5.75. The molecule has 5 aliphatic rings. The zero-order chi connectivity index (χ0) is 28.0. The molecule has 0 radical (unpaired) electrons. The fourth-order valence-electron chi connectivity index (χ4n) is 7.25. The van der Waals surface area contributed by atoms with Gasteiger partial charge in [-0.1, -0.05) is 6.92 Å². The van der Waals surface area contributed by atoms with Crippen molar-refractivity contribution in [2.24, 2.45) is 17.3 Å². The lowest BCUT2D eigenvalue weighted by Crippen LogP contribution is -2.35. The van der Waals surface area contributed by atoms with Gasteiger partial charge in [0.1, 0.15) is 11.3 Å². The Morgan fingerprint density at radius 2 is 1.80 bits per heavy atom. The van der Waals surface area contributed by atoms with Crippen molar-refractivity contribution in [1.82, 2.24) is 24.5 Å². The van der Waals surface area contributed by atoms with Crippen LogP contribution < -0.4 is 5.56 Å². The number of aryl methyl sites for hydroxylation is 2. The number of fused-ring (bicyclic) bond motifs is 2. The molecule has 5 fully saturated rings. The van der Waals surface area contributed by atoms with E-state index in [0.29, 0.717) is 61.5 Å². The van der Waals surface area contributed by atoms with Gasteiger partial charge >= 0.3 is 6.18 Å². The Kier molecular flexibility index (Phi) is 5.74. The van der Waals surface area contributed by atoms with E-state index in [2.05, 4.69) is 6.92 Å². The number of aromatic nitrogens is 5. The van der Waals surface area contributed by atoms with E-state index in [9.17, 15) is 18.0 Å². The van der Waals surface area contributed by atoms with Crippen LogP contribution in [0.3, 0.4) is 0 Å². The Bertz CT molecular complexity index is 1560. The second-order valence-corrected chi connectivity index (χ2v) is 13.1. The smallest absolute Gasteiger partial charge is 0.373 e. The summed E-state index contributed by atoms with van der Waals surface area (Å²) < 4.78 is 49.3. The molecule has 3 atom stereocenters. The average Bonchev–Trinajstić information content (AvgIpc) is 3.31. The number of nitrogens with zero attached hydrogens (tertiary/aromatic N) is 5. The molecule has 0 unspecified atom stereocenters. The van der Waals surface area contributed by atoms with Crippen LogP contribution in [0.15, 0.2) is 23.1 Å². The minimum absolute atomic E-state index is 0.0113. The largest absolute Gasteiger partial charge is 0.392 e. The fourth-order valence-corrected chi connectivity index (χ4v) is 7.25. The Labute approximate surface area is 230 Å². The third-order valence-electron chi connectivity index (χ3n) is 10.1. The first-order valence-electron chi connectivity index (χ1n) is 14.4. The van der Waals surface area contributed by atoms with Crippen molar-refractivity contribution in [2.45, 2.75) is 95.9 Å². The van der Waals surface area contributed by atoms with E-state index >= 15 is 0 Å². The minimum atomic E-state index is -4.20. The molecule has 3 aromatic rings. The van der Waals surface area contributed by atoms with Crippen LogP contribution in [0.5, 0.6) is 0 Å². The highest BCUT2D eigenvalue weighted by atomic mass is 19.4. The SMILES string of the molecule is Cc1nc2nc([C@H]3CCO[C@@H](c4ccc(=O)n(CC5(C)CC5)c4)C3)nc(C34CC(C3)[C@@H](C(F)(F)F)C4)c2nc1C. The summed E-state index contributed by atoms with van der Waals surface area (Å²) in [6.07, 6.45) is 2.10. The summed E-state index contributed by atoms with van der Waals surface area (Å²) in [4.78, 5) is 31.9. The number of alkyl halides is 3. The van der Waals surface area contributed by atoms with Gasteiger partial charge in [-0.2, -0.15) is 13.2 Å². The van der Waals surface area contributed by atoms with Gasteiger partial charge in [0, 0.05) is 36.7 Å². The summed E-state index contributed by atoms with van der Waals surface area (Å²) in [5.41, 5.74) is 3.63. The van der Waals surface area contributed by atoms with Crippen LogP contribution in [-0.4, -0.2) is 37.3 Å². The minimum Gasteiger partial charge on any atom is -0.373 e. The van der Waals surface area contributed by atoms with Crippen molar-refractivity contribution in [1.29, 1.82) is 0 Å². The number of rotatable bonds is 5. The Balaban J connectivity index is 1.23. The predicted molar refractivity (Wildman–Crippen MR) is 142 cm³/mol. The lowest BCUT2D eigenvalue weighted by molar-refractivity contribution is -0.180. The molecule has 10 heteroatoms. The molecule has 40 heavy (non-hydrogen) atoms. The van der Waals surface area contributed by atoms with Crippen LogP contribution in [0.1, 0.15) is 92.4 Å². The van der Waals surface area contributed by atoms with Crippen molar-refractivity contribution in [2.75, 3.05) is 6.61 Å². The first kappa shape index (κ1) is 26.0. The van der Waals surface area contributed by atoms with Crippen LogP contribution in [0.25, 0.3) is 11.2 Å². The molecular weight excluding hydrogens is 519 g/mol. The summed E-state index contributed by atoms with van der Waals surface area (Å²) in [6, 6.07) is 3.46. The first-order chi connectivity index (χ1) is 18.9. The Morgan fingerprint density at radius 3 is 2.50 bits per heavy atom. The van der Waals surface area contributed by atoms with Crippen LogP contribution in [0, 0.1) is 31.1 Å². The third-order valence-corrected chi connectivity index (χ3v) is 10.1. The molecule has 0 amide bonds. The highest BCUT2D eigenvalue weighted by Gasteiger charge is 2.65. The van der Waals surface area contributed by atoms with Gasteiger partial charge in [0.25, 0.3) is 5.56 Å². The van der Waals surface area contributed by atoms with Gasteiger partial charge in [0.05, 0.1) is 29.1 Å². The maximum Gasteiger partial charge on any atom is 0.392 e. The van der Waals surface area contributed by atoms with Crippen molar-refractivity contribution in [3.05, 3.63) is 57.2 Å². The van der Waals surface area contributed by atoms with Gasteiger partial charge in [0.15, 0.2) is 5.65 Å². The van der Waals surface area contributed by atoms with Gasteiger partial charge in [-0.25, -0.2) is 19.9 Å². The summed E-state index contributed by atoms with van der Waals surface area (Å²) in [6.45, 7) is 7.14. The third kappa shape index (κ3) is 4.33. The number of pyridine rings is 1. The second-order valence-electron chi connectivity index (χ2n) is 13.1. The molecule has 3 aromatic heterocycles. The van der Waals surface area contributed by atoms with Crippen molar-refractivity contribution in [3.8, 4) is 0 Å². The number of hydrogen-bond acceptors (Lipinski definition) is 6. The van der Waals surface area contributed by atoms with E-state index in [1.54, 1.807) is 10.6 Å². The van der Waals surface area contributed by atoms with E-state index < -0.39 is 17.5 Å². The summed E-state index contributed by atoms with van der Waals surface area (Å²) in [7, 11) is 0. The Hall–Kier alpha value is -2.88. The molecule has 4 heterocycles. The number of halogens is 3. The molecule has 0 spiro atoms. The standard InChI is InChI=1S/C30H34F3N5O2/c1-16-17(2)35-27-24(34-16)25(29-11-20(12-29)21(13-29)30(31,32)33)36-26(37-27)18-6-9-40-22(10-18)19-4-5-23(39)38(14-19)15-28(3)7-8-28/h4-5,14,18,20-22H,6-13,15H2,1-3H3/t18-,20?,21-,22+,29?/m0/s1. The maximum atomic E-state index is 13.8. The molecule has 7 nitrogen and oxygen atoms in total. The zero-order valence-corrected chi connectivity index (χ0v) is 23.1. The molecule has 0 N–H and O–H groups in total. The van der Waals surface area contributed by atoms with Crippen LogP contribution in [-0.2, 0) is 16.7 Å². The second kappa shape index (κ2) is 8.81. The first-order valence-corrected chi connectivity index (χ1v) is 14.4. The van der Waals surface area contributed by atoms with Gasteiger partial charge in [0.2, 0.25) is 0 Å². The molecule has 0 aromatic carbocycles. The molecule has 212 valence electrons. The quantitative estimate of drug-likeness (QED) is 0.393. The molecule has 4 aliphatic carbocycles. The molecule has 2 bridgehead atoms. The van der Waals surface area contributed by atoms with Gasteiger partial charge in [-0.15, -0.1) is 0 Å². The van der Waals surface area contributed by atoms with E-state index in [0.717, 1.165) is 29.8 Å². The van der Waals surface area contributed by atoms with E-state index in [-0.39, 0.29) is 35.3 Å². The normalized spacial score (nSPS) is 30.9. The van der Waals surface area contributed by atoms with E-state index in [1.165, 1.54) is 0 Å². The summed E-state index contributed by atoms with van der Waals surface area (Å²) in [5, 5.41) is 0. The summed E-state index contributed by atoms with van der Waals surface area (Å²) in [5.74, 6) is -1.07. The number of ether oxygens (including phenoxy) is 1. The molecular formula is C30H34F3N5O2. The lowest BCUT2D eigenvalue weighted by atomic mass is 9.67. The monoisotopic (exact) mass is 553 g/mol. The average molecular weight is 554 g/mol. The molecule has 4 saturated carbocycles. The molecule has 8 rings (SSSR count). The predicted octanol–water partition coefficient (Wildman–Crippen LogP) is 5.86. The fraction of sp³-hybridized carbons (Fsp3) is 0.633. The van der Waals surface area contributed by atoms with E-state index in [4.69, 9.17) is 24.7 Å². The number of hydrogen-bond donors (Lipinski definition) is 0. The van der Waals surface area contributed by atoms with Gasteiger partial charge < -0.3 is 9.30 Å². The highest BCUT2D eigenvalue weighted by Crippen LogP contribution is 2.66. The maximum absolute atomic E-state index is 13.8. The topological polar surface area (TPSA) is 82.8 Å². The molecule has 1 aliphatic heterocycles. The summed E-state index contributed by atoms with van der Waals surface area (Å²) >= 11 is 0. The van der Waals surface area contributed by atoms with Gasteiger partial charge in [-0.05, 0) is 81.8 Å². The van der Waals surface area contributed by atoms with Crippen molar-refractivity contribution >= 4 is 11.2 Å². The molecule has 1 saturated heterocycles. The van der Waals surface area contributed by atoms with Gasteiger partial charge in [-0.3, -0.25) is 4.79 Å². The zero-order valence-electron chi connectivity index (χ0n) is 23.1.